The predicted octanol–water partition coefficient (Wildman–Crippen LogP) is 6.43. The molecular weight excluding hydrogens is 404 g/mol. The lowest BCUT2D eigenvalue weighted by Crippen LogP contribution is -1.93. The molecule has 0 aliphatic carbocycles. The molecule has 0 aliphatic rings. The van der Waals surface area contributed by atoms with Crippen molar-refractivity contribution in [2.75, 3.05) is 0 Å². The zero-order chi connectivity index (χ0) is 16.3. The molecule has 0 saturated heterocycles. The van der Waals surface area contributed by atoms with Gasteiger partial charge in [-0.3, -0.25) is 0 Å². The fraction of sp³-hybridized carbons (Fsp3) is 0.0526. The van der Waals surface area contributed by atoms with Gasteiger partial charge in [0, 0.05) is 20.1 Å². The van der Waals surface area contributed by atoms with Crippen molar-refractivity contribution in [1.82, 2.24) is 0 Å². The highest BCUT2D eigenvalue weighted by Crippen LogP contribution is 2.40. The lowest BCUT2D eigenvalue weighted by Gasteiger charge is -2.15. The van der Waals surface area contributed by atoms with E-state index >= 15 is 0 Å². The van der Waals surface area contributed by atoms with E-state index in [9.17, 15) is 5.11 Å². The molecule has 0 bridgehead atoms. The summed E-state index contributed by atoms with van der Waals surface area (Å²) in [6.07, 6.45) is 0. The van der Waals surface area contributed by atoms with Gasteiger partial charge in [-0.2, -0.15) is 0 Å². The molecule has 22 heavy (non-hydrogen) atoms. The summed E-state index contributed by atoms with van der Waals surface area (Å²) in [5.74, 6) is 0.234. The summed E-state index contributed by atoms with van der Waals surface area (Å²) in [5, 5.41) is 9.50. The first-order valence-corrected chi connectivity index (χ1v) is 8.29. The van der Waals surface area contributed by atoms with Crippen LogP contribution in [0.5, 0.6) is 5.75 Å². The van der Waals surface area contributed by atoms with Crippen molar-refractivity contribution in [2.24, 2.45) is 0 Å². The summed E-state index contributed by atoms with van der Waals surface area (Å²) in [6.45, 7) is 10.1. The Hall–Kier alpha value is -1.58. The van der Waals surface area contributed by atoms with Crippen molar-refractivity contribution in [3.63, 3.8) is 0 Å². The van der Waals surface area contributed by atoms with E-state index in [1.165, 1.54) is 5.56 Å². The summed E-state index contributed by atoms with van der Waals surface area (Å²) < 4.78 is 1.54. The van der Waals surface area contributed by atoms with Crippen molar-refractivity contribution in [3.8, 4) is 5.75 Å². The molecule has 0 atom stereocenters. The zero-order valence-electron chi connectivity index (χ0n) is 12.2. The van der Waals surface area contributed by atoms with Crippen molar-refractivity contribution >= 4 is 43.0 Å². The van der Waals surface area contributed by atoms with Gasteiger partial charge in [-0.25, -0.2) is 0 Å². The quantitative estimate of drug-likeness (QED) is 0.447. The first-order chi connectivity index (χ1) is 10.4. The minimum atomic E-state index is 0.234. The molecule has 0 amide bonds. The fourth-order valence-corrected chi connectivity index (χ4v) is 3.08. The first-order valence-electron chi connectivity index (χ1n) is 6.70. The Kier molecular flexibility index (Phi) is 5.43. The van der Waals surface area contributed by atoms with Gasteiger partial charge in [-0.15, -0.1) is 0 Å². The predicted molar refractivity (Wildman–Crippen MR) is 102 cm³/mol. The van der Waals surface area contributed by atoms with Crippen LogP contribution in [0.4, 0.5) is 0 Å². The highest BCUT2D eigenvalue weighted by Gasteiger charge is 2.15. The maximum absolute atomic E-state index is 9.50. The largest absolute Gasteiger partial charge is 0.508 e. The molecular formula is C19H16Br2O. The first kappa shape index (κ1) is 16.8. The van der Waals surface area contributed by atoms with Crippen LogP contribution >= 0.6 is 31.9 Å². The number of aryl methyl sites for hydroxylation is 1. The summed E-state index contributed by atoms with van der Waals surface area (Å²) >= 11 is 7.01. The Balaban J connectivity index is 2.73. The molecule has 1 N–H and O–H groups in total. The number of benzene rings is 2. The second kappa shape index (κ2) is 7.12. The third-order valence-corrected chi connectivity index (χ3v) is 4.08. The normalized spacial score (nSPS) is 11.8. The molecule has 0 spiro atoms. The molecule has 0 aliphatic heterocycles. The highest BCUT2D eigenvalue weighted by molar-refractivity contribution is 9.12. The molecule has 1 nitrogen and oxygen atoms in total. The van der Waals surface area contributed by atoms with Crippen LogP contribution in [-0.4, -0.2) is 5.11 Å². The number of phenols is 1. The van der Waals surface area contributed by atoms with E-state index in [-0.39, 0.29) is 5.75 Å². The average Bonchev–Trinajstić information content (AvgIpc) is 2.46. The smallest absolute Gasteiger partial charge is 0.115 e. The van der Waals surface area contributed by atoms with Gasteiger partial charge in [0.05, 0.1) is 0 Å². The summed E-state index contributed by atoms with van der Waals surface area (Å²) in [5.41, 5.74) is 5.11. The van der Waals surface area contributed by atoms with Crippen molar-refractivity contribution in [2.45, 2.75) is 6.92 Å². The van der Waals surface area contributed by atoms with Crippen LogP contribution in [0.15, 0.2) is 70.7 Å². The Bertz CT molecular complexity index is 673. The maximum Gasteiger partial charge on any atom is 0.115 e. The van der Waals surface area contributed by atoms with Gasteiger partial charge < -0.3 is 5.11 Å². The SMILES string of the molecule is C=C(Br)/C(=C(\C(=C)Br)c1ccc(O)cc1)c1ccc(C)cc1. The summed E-state index contributed by atoms with van der Waals surface area (Å²) in [6, 6.07) is 15.3. The maximum atomic E-state index is 9.50. The molecule has 112 valence electrons. The lowest BCUT2D eigenvalue weighted by molar-refractivity contribution is 0.475. The molecule has 0 fully saturated rings. The van der Waals surface area contributed by atoms with Gasteiger partial charge in [-0.1, -0.05) is 87.0 Å². The highest BCUT2D eigenvalue weighted by atomic mass is 79.9. The van der Waals surface area contributed by atoms with Crippen LogP contribution in [0.1, 0.15) is 16.7 Å². The molecule has 2 aromatic carbocycles. The Morgan fingerprint density at radius 3 is 1.50 bits per heavy atom. The Labute approximate surface area is 148 Å². The number of allylic oxidation sites excluding steroid dienone is 4. The number of hydrogen-bond donors (Lipinski definition) is 1. The van der Waals surface area contributed by atoms with Crippen LogP contribution in [-0.2, 0) is 0 Å². The lowest BCUT2D eigenvalue weighted by atomic mass is 9.94. The van der Waals surface area contributed by atoms with Gasteiger partial charge in [0.1, 0.15) is 5.75 Å². The van der Waals surface area contributed by atoms with Crippen LogP contribution < -0.4 is 0 Å². The summed E-state index contributed by atoms with van der Waals surface area (Å²) in [7, 11) is 0. The van der Waals surface area contributed by atoms with Crippen LogP contribution in [0, 0.1) is 6.92 Å². The van der Waals surface area contributed by atoms with Gasteiger partial charge in [0.2, 0.25) is 0 Å². The third-order valence-electron chi connectivity index (χ3n) is 3.29. The minimum absolute atomic E-state index is 0.234. The molecule has 0 saturated carbocycles. The van der Waals surface area contributed by atoms with Gasteiger partial charge >= 0.3 is 0 Å². The molecule has 0 aromatic heterocycles. The van der Waals surface area contributed by atoms with Gasteiger partial charge in [-0.05, 0) is 30.2 Å². The second-order valence-corrected chi connectivity index (χ2v) is 6.89. The molecule has 2 rings (SSSR count). The van der Waals surface area contributed by atoms with Crippen LogP contribution in [0.2, 0.25) is 0 Å². The monoisotopic (exact) mass is 418 g/mol. The van der Waals surface area contributed by atoms with Crippen molar-refractivity contribution in [1.29, 1.82) is 0 Å². The Morgan fingerprint density at radius 2 is 1.14 bits per heavy atom. The molecule has 0 unspecified atom stereocenters. The number of aromatic hydroxyl groups is 1. The molecule has 2 aromatic rings. The zero-order valence-corrected chi connectivity index (χ0v) is 15.4. The van der Waals surface area contributed by atoms with E-state index in [0.717, 1.165) is 31.2 Å². The second-order valence-electron chi connectivity index (χ2n) is 4.97. The van der Waals surface area contributed by atoms with E-state index < -0.39 is 0 Å². The topological polar surface area (TPSA) is 20.2 Å². The van der Waals surface area contributed by atoms with Crippen LogP contribution in [0.25, 0.3) is 11.1 Å². The molecule has 0 radical (unpaired) electrons. The van der Waals surface area contributed by atoms with Gasteiger partial charge in [0.25, 0.3) is 0 Å². The van der Waals surface area contributed by atoms with E-state index in [2.05, 4.69) is 76.2 Å². The number of hydrogen-bond acceptors (Lipinski definition) is 1. The number of halogens is 2. The average molecular weight is 420 g/mol. The van der Waals surface area contributed by atoms with Crippen LogP contribution in [0.3, 0.4) is 0 Å². The molecule has 3 heteroatoms. The number of rotatable bonds is 4. The summed E-state index contributed by atoms with van der Waals surface area (Å²) in [4.78, 5) is 0. The van der Waals surface area contributed by atoms with E-state index in [1.54, 1.807) is 12.1 Å². The standard InChI is InChI=1S/C19H16Br2O/c1-12-4-6-15(7-5-12)18(13(2)20)19(14(3)21)16-8-10-17(22)11-9-16/h4-11,22H,2-3H2,1H3/b19-18-. The van der Waals surface area contributed by atoms with Crippen molar-refractivity contribution in [3.05, 3.63) is 87.3 Å². The van der Waals surface area contributed by atoms with E-state index in [0.29, 0.717) is 0 Å². The number of phenolic OH excluding ortho intramolecular Hbond substituents is 1. The fourth-order valence-electron chi connectivity index (χ4n) is 2.22. The Morgan fingerprint density at radius 1 is 0.773 bits per heavy atom. The third kappa shape index (κ3) is 3.79. The van der Waals surface area contributed by atoms with E-state index in [1.807, 2.05) is 12.1 Å². The minimum Gasteiger partial charge on any atom is -0.508 e. The van der Waals surface area contributed by atoms with E-state index in [4.69, 9.17) is 0 Å². The van der Waals surface area contributed by atoms with Gasteiger partial charge in [0.15, 0.2) is 0 Å². The molecule has 0 heterocycles. The van der Waals surface area contributed by atoms with Crippen molar-refractivity contribution < 1.29 is 5.11 Å².